The molecular formula is C43H59N7O9S. The van der Waals surface area contributed by atoms with Gasteiger partial charge in [-0.2, -0.15) is 0 Å². The lowest BCUT2D eigenvalue weighted by atomic mass is 9.99. The Morgan fingerprint density at radius 2 is 1.02 bits per heavy atom. The van der Waals surface area contributed by atoms with Crippen LogP contribution in [0.25, 0.3) is 11.1 Å². The number of hydrogen-bond donors (Lipinski definition) is 3. The van der Waals surface area contributed by atoms with Crippen molar-refractivity contribution in [2.75, 3.05) is 31.5 Å². The molecule has 2 aliphatic rings. The SMILES string of the molecule is CC(C)(C)OC(=O)/N=C(\NC(=O)OC(C)(C)C)N1CC=C(c2ccc(NC(=O)c3ccc(C4=CCN(/C(=N/C(=O)OC(C)(C)C)NC(=O)OC(C)(C)C)CC4)s3)cc2)CC1. The van der Waals surface area contributed by atoms with E-state index in [1.165, 1.54) is 11.3 Å². The van der Waals surface area contributed by atoms with Crippen molar-refractivity contribution < 1.29 is 42.9 Å². The van der Waals surface area contributed by atoms with Crippen LogP contribution in [0, 0.1) is 0 Å². The second kappa shape index (κ2) is 19.1. The van der Waals surface area contributed by atoms with Crippen LogP contribution in [0.4, 0.5) is 24.9 Å². The molecule has 0 atom stereocenters. The van der Waals surface area contributed by atoms with E-state index in [-0.39, 0.29) is 17.8 Å². The predicted octanol–water partition coefficient (Wildman–Crippen LogP) is 8.81. The molecule has 0 unspecified atom stereocenters. The van der Waals surface area contributed by atoms with E-state index >= 15 is 0 Å². The molecule has 0 fully saturated rings. The van der Waals surface area contributed by atoms with E-state index in [1.54, 1.807) is 99.0 Å². The molecule has 1 aromatic heterocycles. The molecule has 17 heteroatoms. The number of hydrogen-bond acceptors (Lipinski definition) is 10. The van der Waals surface area contributed by atoms with Crippen molar-refractivity contribution in [1.82, 2.24) is 20.4 Å². The van der Waals surface area contributed by atoms with Crippen molar-refractivity contribution in [2.24, 2.45) is 9.98 Å². The standard InChI is InChI=1S/C43H59N7O9S/c1-40(2,3)56-36(52)45-34(46-37(53)57-41(4,5)6)49-23-19-28(20-24-49)27-13-15-30(16-14-27)44-33(51)32-18-17-31(60-32)29-21-25-50(26-22-29)35(47-38(54)58-42(7,8)9)48-39(55)59-43(10,11)12/h13-19,21H,20,22-26H2,1-12H3,(H,44,51)(H,45,46,52,53)(H,47,48,54,55). The third-order valence-corrected chi connectivity index (χ3v) is 9.24. The number of amides is 5. The van der Waals surface area contributed by atoms with E-state index in [1.807, 2.05) is 42.5 Å². The minimum Gasteiger partial charge on any atom is -0.444 e. The molecule has 1 aromatic carbocycles. The maximum absolute atomic E-state index is 13.3. The number of benzene rings is 1. The maximum Gasteiger partial charge on any atom is 0.437 e. The van der Waals surface area contributed by atoms with Crippen molar-refractivity contribution >= 4 is 70.4 Å². The number of alkyl carbamates (subject to hydrolysis) is 2. The summed E-state index contributed by atoms with van der Waals surface area (Å²) >= 11 is 1.37. The largest absolute Gasteiger partial charge is 0.444 e. The third-order valence-electron chi connectivity index (χ3n) is 8.08. The summed E-state index contributed by atoms with van der Waals surface area (Å²) in [5, 5.41) is 8.19. The quantitative estimate of drug-likeness (QED) is 0.151. The van der Waals surface area contributed by atoms with Gasteiger partial charge in [0.2, 0.25) is 11.9 Å². The lowest BCUT2D eigenvalue weighted by Gasteiger charge is -2.30. The Morgan fingerprint density at radius 3 is 1.42 bits per heavy atom. The van der Waals surface area contributed by atoms with E-state index in [0.29, 0.717) is 49.6 Å². The molecule has 2 aliphatic heterocycles. The van der Waals surface area contributed by atoms with Crippen LogP contribution in [0.3, 0.4) is 0 Å². The van der Waals surface area contributed by atoms with Gasteiger partial charge >= 0.3 is 24.4 Å². The minimum absolute atomic E-state index is 0.0271. The number of anilines is 1. The molecule has 5 amide bonds. The summed E-state index contributed by atoms with van der Waals surface area (Å²) in [5.41, 5.74) is 0.658. The van der Waals surface area contributed by atoms with Gasteiger partial charge in [0.05, 0.1) is 4.88 Å². The Bertz CT molecular complexity index is 2040. The Kier molecular flexibility index (Phi) is 15.0. The van der Waals surface area contributed by atoms with Crippen molar-refractivity contribution in [1.29, 1.82) is 0 Å². The van der Waals surface area contributed by atoms with Crippen molar-refractivity contribution in [2.45, 2.75) is 118 Å². The number of aliphatic imine (C=N–C) groups is 2. The van der Waals surface area contributed by atoms with Crippen molar-refractivity contribution in [3.8, 4) is 0 Å². The molecule has 60 heavy (non-hydrogen) atoms. The highest BCUT2D eigenvalue weighted by Gasteiger charge is 2.27. The van der Waals surface area contributed by atoms with Gasteiger partial charge < -0.3 is 34.1 Å². The summed E-state index contributed by atoms with van der Waals surface area (Å²) in [6, 6.07) is 11.2. The number of rotatable bonds is 4. The number of carbonyl (C=O) groups is 5. The zero-order chi connectivity index (χ0) is 44.6. The highest BCUT2D eigenvalue weighted by atomic mass is 32.1. The van der Waals surface area contributed by atoms with Gasteiger partial charge in [-0.15, -0.1) is 21.3 Å². The second-order valence-corrected chi connectivity index (χ2v) is 19.2. The van der Waals surface area contributed by atoms with Gasteiger partial charge in [0.1, 0.15) is 22.4 Å². The van der Waals surface area contributed by atoms with Gasteiger partial charge in [-0.05, 0) is 137 Å². The van der Waals surface area contributed by atoms with Crippen LogP contribution in [0.15, 0.2) is 58.5 Å². The van der Waals surface area contributed by atoms with Crippen LogP contribution in [0.5, 0.6) is 0 Å². The fraction of sp³-hybridized carbons (Fsp3) is 0.512. The summed E-state index contributed by atoms with van der Waals surface area (Å²) < 4.78 is 21.5. The molecule has 16 nitrogen and oxygen atoms in total. The molecule has 2 aromatic rings. The normalized spacial score (nSPS) is 15.6. The molecular weight excluding hydrogens is 791 g/mol. The van der Waals surface area contributed by atoms with E-state index < -0.39 is 46.8 Å². The Morgan fingerprint density at radius 1 is 0.583 bits per heavy atom. The average Bonchev–Trinajstić information content (AvgIpc) is 3.59. The first-order chi connectivity index (χ1) is 27.7. The molecule has 3 heterocycles. The van der Waals surface area contributed by atoms with E-state index in [4.69, 9.17) is 18.9 Å². The molecule has 3 N–H and O–H groups in total. The fourth-order valence-electron chi connectivity index (χ4n) is 5.69. The smallest absolute Gasteiger partial charge is 0.437 e. The molecule has 0 saturated carbocycles. The van der Waals surface area contributed by atoms with Crippen LogP contribution in [0.2, 0.25) is 0 Å². The molecule has 0 aliphatic carbocycles. The number of thiophene rings is 1. The lowest BCUT2D eigenvalue weighted by Crippen LogP contribution is -2.48. The van der Waals surface area contributed by atoms with Gasteiger partial charge in [-0.1, -0.05) is 24.3 Å². The summed E-state index contributed by atoms with van der Waals surface area (Å²) in [7, 11) is 0. The monoisotopic (exact) mass is 849 g/mol. The van der Waals surface area contributed by atoms with Gasteiger partial charge in [-0.3, -0.25) is 15.4 Å². The Balaban J connectivity index is 1.38. The second-order valence-electron chi connectivity index (χ2n) is 18.1. The van der Waals surface area contributed by atoms with E-state index in [0.717, 1.165) is 21.6 Å². The lowest BCUT2D eigenvalue weighted by molar-refractivity contribution is 0.0536. The van der Waals surface area contributed by atoms with Crippen LogP contribution in [-0.2, 0) is 18.9 Å². The highest BCUT2D eigenvalue weighted by molar-refractivity contribution is 7.15. The summed E-state index contributed by atoms with van der Waals surface area (Å²) in [6.07, 6.45) is 2.00. The van der Waals surface area contributed by atoms with Gasteiger partial charge in [0.15, 0.2) is 0 Å². The first kappa shape index (κ1) is 47.0. The molecule has 0 saturated heterocycles. The van der Waals surface area contributed by atoms with Gasteiger partial charge in [0, 0.05) is 36.7 Å². The zero-order valence-corrected chi connectivity index (χ0v) is 37.5. The van der Waals surface area contributed by atoms with Crippen LogP contribution >= 0.6 is 11.3 Å². The fourth-order valence-corrected chi connectivity index (χ4v) is 6.66. The highest BCUT2D eigenvalue weighted by Crippen LogP contribution is 2.30. The molecule has 4 rings (SSSR count). The van der Waals surface area contributed by atoms with Crippen LogP contribution in [0.1, 0.15) is 116 Å². The van der Waals surface area contributed by atoms with Gasteiger partial charge in [0.25, 0.3) is 5.91 Å². The van der Waals surface area contributed by atoms with E-state index in [2.05, 4.69) is 25.9 Å². The Hall–Kier alpha value is -5.71. The molecule has 326 valence electrons. The summed E-state index contributed by atoms with van der Waals surface area (Å²) in [6.45, 7) is 22.5. The van der Waals surface area contributed by atoms with Gasteiger partial charge in [-0.25, -0.2) is 19.2 Å². The van der Waals surface area contributed by atoms with E-state index in [9.17, 15) is 24.0 Å². The summed E-state index contributed by atoms with van der Waals surface area (Å²) in [4.78, 5) is 76.8. The number of nitrogens with one attached hydrogen (secondary N) is 3. The molecule has 0 radical (unpaired) electrons. The number of guanidine groups is 2. The minimum atomic E-state index is -0.835. The number of carbonyl (C=O) groups excluding carboxylic acids is 5. The zero-order valence-electron chi connectivity index (χ0n) is 36.7. The molecule has 0 bridgehead atoms. The van der Waals surface area contributed by atoms with Crippen molar-refractivity contribution in [3.63, 3.8) is 0 Å². The Labute approximate surface area is 356 Å². The average molecular weight is 850 g/mol. The maximum atomic E-state index is 13.3. The predicted molar refractivity (Wildman–Crippen MR) is 233 cm³/mol. The van der Waals surface area contributed by atoms with Crippen molar-refractivity contribution in [3.05, 3.63) is 63.9 Å². The third kappa shape index (κ3) is 15.8. The topological polar surface area (TPSA) is 190 Å². The number of ether oxygens (including phenoxy) is 4. The number of nitrogens with zero attached hydrogens (tertiary/aromatic N) is 4. The first-order valence-corrected chi connectivity index (χ1v) is 20.6. The molecule has 0 spiro atoms. The van der Waals surface area contributed by atoms with Crippen LogP contribution in [-0.4, -0.2) is 101 Å². The first-order valence-electron chi connectivity index (χ1n) is 19.8. The van der Waals surface area contributed by atoms with Crippen LogP contribution < -0.4 is 16.0 Å². The summed E-state index contributed by atoms with van der Waals surface area (Å²) in [5.74, 6) is -0.177.